The van der Waals surface area contributed by atoms with E-state index in [9.17, 15) is 9.59 Å². The maximum atomic E-state index is 12.2. The van der Waals surface area contributed by atoms with Crippen molar-refractivity contribution in [3.8, 4) is 11.5 Å². The van der Waals surface area contributed by atoms with E-state index in [1.165, 1.54) is 26.4 Å². The largest absolute Gasteiger partial charge is 0.493 e. The average molecular weight is 348 g/mol. The first-order chi connectivity index (χ1) is 12.0. The molecule has 0 bridgehead atoms. The van der Waals surface area contributed by atoms with Gasteiger partial charge in [0.1, 0.15) is 0 Å². The van der Waals surface area contributed by atoms with Gasteiger partial charge in [-0.2, -0.15) is 0 Å². The second kappa shape index (κ2) is 9.30. The molecule has 0 unspecified atom stereocenters. The summed E-state index contributed by atoms with van der Waals surface area (Å²) >= 11 is 0. The molecule has 0 atom stereocenters. The van der Waals surface area contributed by atoms with Crippen molar-refractivity contribution in [1.29, 1.82) is 0 Å². The van der Waals surface area contributed by atoms with Crippen LogP contribution < -0.4 is 20.3 Å². The third-order valence-electron chi connectivity index (χ3n) is 4.30. The highest BCUT2D eigenvalue weighted by Gasteiger charge is 2.18. The zero-order valence-corrected chi connectivity index (χ0v) is 15.3. The summed E-state index contributed by atoms with van der Waals surface area (Å²) < 4.78 is 10.9. The van der Waals surface area contributed by atoms with Crippen molar-refractivity contribution in [2.75, 3.05) is 7.11 Å². The number of methoxy groups -OCH3 is 1. The summed E-state index contributed by atoms with van der Waals surface area (Å²) in [4.78, 5) is 24.2. The van der Waals surface area contributed by atoms with E-state index in [1.54, 1.807) is 18.2 Å². The minimum atomic E-state index is -0.383. The highest BCUT2D eigenvalue weighted by molar-refractivity contribution is 5.96. The third-order valence-corrected chi connectivity index (χ3v) is 4.30. The summed E-state index contributed by atoms with van der Waals surface area (Å²) in [6.07, 6.45) is 6.29. The number of hydrogen-bond acceptors (Lipinski definition) is 4. The number of carbonyl (C=O) groups is 2. The SMILES string of the molecule is COc1cc(C(=O)NNC(=O)CC2CCCCC2)ccc1OC(C)C. The molecule has 0 spiro atoms. The van der Waals surface area contributed by atoms with E-state index < -0.39 is 0 Å². The zero-order chi connectivity index (χ0) is 18.2. The molecule has 2 amide bonds. The fourth-order valence-electron chi connectivity index (χ4n) is 3.06. The van der Waals surface area contributed by atoms with Crippen LogP contribution in [0.2, 0.25) is 0 Å². The molecule has 6 nitrogen and oxygen atoms in total. The van der Waals surface area contributed by atoms with Gasteiger partial charge in [-0.1, -0.05) is 19.3 Å². The molecule has 0 radical (unpaired) electrons. The number of rotatable bonds is 6. The van der Waals surface area contributed by atoms with Crippen LogP contribution in [0, 0.1) is 5.92 Å². The highest BCUT2D eigenvalue weighted by atomic mass is 16.5. The Kier molecular flexibility index (Phi) is 7.10. The van der Waals surface area contributed by atoms with Gasteiger partial charge in [-0.05, 0) is 50.8 Å². The molecule has 2 N–H and O–H groups in total. The zero-order valence-electron chi connectivity index (χ0n) is 15.3. The van der Waals surface area contributed by atoms with Crippen LogP contribution in [-0.2, 0) is 4.79 Å². The lowest BCUT2D eigenvalue weighted by Crippen LogP contribution is -2.42. The second-order valence-electron chi connectivity index (χ2n) is 6.74. The first-order valence-corrected chi connectivity index (χ1v) is 8.93. The summed E-state index contributed by atoms with van der Waals surface area (Å²) in [7, 11) is 1.52. The fraction of sp³-hybridized carbons (Fsp3) is 0.579. The Labute approximate surface area is 149 Å². The number of nitrogens with one attached hydrogen (secondary N) is 2. The van der Waals surface area contributed by atoms with Crippen LogP contribution in [0.15, 0.2) is 18.2 Å². The van der Waals surface area contributed by atoms with Crippen molar-refractivity contribution in [3.63, 3.8) is 0 Å². The number of benzene rings is 1. The standard InChI is InChI=1S/C19H28N2O4/c1-13(2)25-16-10-9-15(12-17(16)24-3)19(23)21-20-18(22)11-14-7-5-4-6-8-14/h9-10,12-14H,4-8,11H2,1-3H3,(H,20,22)(H,21,23). The molecule has 1 aromatic rings. The molecule has 0 saturated heterocycles. The summed E-state index contributed by atoms with van der Waals surface area (Å²) in [5.41, 5.74) is 5.36. The molecule has 1 aliphatic rings. The number of carbonyl (C=O) groups excluding carboxylic acids is 2. The van der Waals surface area contributed by atoms with Crippen LogP contribution in [0.5, 0.6) is 11.5 Å². The number of ether oxygens (including phenoxy) is 2. The molecule has 0 heterocycles. The molecule has 6 heteroatoms. The quantitative estimate of drug-likeness (QED) is 0.774. The molecule has 2 rings (SSSR count). The van der Waals surface area contributed by atoms with E-state index in [1.807, 2.05) is 13.8 Å². The van der Waals surface area contributed by atoms with Gasteiger partial charge in [0.05, 0.1) is 13.2 Å². The van der Waals surface area contributed by atoms with Crippen LogP contribution in [-0.4, -0.2) is 25.0 Å². The van der Waals surface area contributed by atoms with Crippen molar-refractivity contribution < 1.29 is 19.1 Å². The summed E-state index contributed by atoms with van der Waals surface area (Å²) in [6.45, 7) is 3.84. The fourth-order valence-corrected chi connectivity index (χ4v) is 3.06. The van der Waals surface area contributed by atoms with E-state index in [4.69, 9.17) is 9.47 Å². The molecular weight excluding hydrogens is 320 g/mol. The lowest BCUT2D eigenvalue weighted by atomic mass is 9.87. The minimum Gasteiger partial charge on any atom is -0.493 e. The second-order valence-corrected chi connectivity index (χ2v) is 6.74. The molecule has 25 heavy (non-hydrogen) atoms. The van der Waals surface area contributed by atoms with Crippen molar-refractivity contribution in [2.24, 2.45) is 5.92 Å². The monoisotopic (exact) mass is 348 g/mol. The van der Waals surface area contributed by atoms with Crippen molar-refractivity contribution >= 4 is 11.8 Å². The van der Waals surface area contributed by atoms with Crippen LogP contribution >= 0.6 is 0 Å². The molecule has 1 aromatic carbocycles. The van der Waals surface area contributed by atoms with Gasteiger partial charge in [-0.15, -0.1) is 0 Å². The van der Waals surface area contributed by atoms with E-state index in [2.05, 4.69) is 10.9 Å². The average Bonchev–Trinajstić information content (AvgIpc) is 2.60. The predicted molar refractivity (Wildman–Crippen MR) is 95.6 cm³/mol. The van der Waals surface area contributed by atoms with E-state index in [-0.39, 0.29) is 17.9 Å². The molecule has 138 valence electrons. The predicted octanol–water partition coefficient (Wildman–Crippen LogP) is 3.21. The Hall–Kier alpha value is -2.24. The smallest absolute Gasteiger partial charge is 0.269 e. The number of hydrogen-bond donors (Lipinski definition) is 2. The summed E-state index contributed by atoms with van der Waals surface area (Å²) in [6, 6.07) is 4.93. The van der Waals surface area contributed by atoms with E-state index in [0.717, 1.165) is 12.8 Å². The Balaban J connectivity index is 1.88. The van der Waals surface area contributed by atoms with Crippen LogP contribution in [0.1, 0.15) is 62.7 Å². The topological polar surface area (TPSA) is 76.7 Å². The van der Waals surface area contributed by atoms with E-state index >= 15 is 0 Å². The molecule has 0 aromatic heterocycles. The normalized spacial score (nSPS) is 14.9. The van der Waals surface area contributed by atoms with Gasteiger partial charge >= 0.3 is 0 Å². The van der Waals surface area contributed by atoms with Gasteiger partial charge in [-0.3, -0.25) is 20.4 Å². The third kappa shape index (κ3) is 5.96. The van der Waals surface area contributed by atoms with E-state index in [0.29, 0.717) is 29.4 Å². The summed E-state index contributed by atoms with van der Waals surface area (Å²) in [5, 5.41) is 0. The van der Waals surface area contributed by atoms with Gasteiger partial charge < -0.3 is 9.47 Å². The van der Waals surface area contributed by atoms with Crippen molar-refractivity contribution in [1.82, 2.24) is 10.9 Å². The lowest BCUT2D eigenvalue weighted by molar-refractivity contribution is -0.123. The highest BCUT2D eigenvalue weighted by Crippen LogP contribution is 2.29. The molecule has 1 fully saturated rings. The van der Waals surface area contributed by atoms with Crippen LogP contribution in [0.25, 0.3) is 0 Å². The minimum absolute atomic E-state index is 0.00709. The van der Waals surface area contributed by atoms with Gasteiger partial charge in [0.15, 0.2) is 11.5 Å². The molecule has 1 aliphatic carbocycles. The van der Waals surface area contributed by atoms with Crippen molar-refractivity contribution in [3.05, 3.63) is 23.8 Å². The van der Waals surface area contributed by atoms with Gasteiger partial charge in [-0.25, -0.2) is 0 Å². The Morgan fingerprint density at radius 2 is 1.84 bits per heavy atom. The molecular formula is C19H28N2O4. The Morgan fingerprint density at radius 3 is 2.48 bits per heavy atom. The maximum Gasteiger partial charge on any atom is 0.269 e. The van der Waals surface area contributed by atoms with Crippen LogP contribution in [0.4, 0.5) is 0 Å². The van der Waals surface area contributed by atoms with Crippen LogP contribution in [0.3, 0.4) is 0 Å². The lowest BCUT2D eigenvalue weighted by Gasteiger charge is -2.20. The Morgan fingerprint density at radius 1 is 1.12 bits per heavy atom. The summed E-state index contributed by atoms with van der Waals surface area (Å²) in [5.74, 6) is 0.960. The molecule has 1 saturated carbocycles. The van der Waals surface area contributed by atoms with Gasteiger partial charge in [0.25, 0.3) is 5.91 Å². The first kappa shape index (κ1) is 19.1. The maximum absolute atomic E-state index is 12.2. The Bertz CT molecular complexity index is 595. The number of hydrazine groups is 1. The van der Waals surface area contributed by atoms with Gasteiger partial charge in [0, 0.05) is 12.0 Å². The molecule has 0 aliphatic heterocycles. The first-order valence-electron chi connectivity index (χ1n) is 8.93. The van der Waals surface area contributed by atoms with Gasteiger partial charge in [0.2, 0.25) is 5.91 Å². The number of amides is 2. The van der Waals surface area contributed by atoms with Crippen molar-refractivity contribution in [2.45, 2.75) is 58.5 Å².